The third kappa shape index (κ3) is 1.49. The Morgan fingerprint density at radius 1 is 1.29 bits per heavy atom. The first-order chi connectivity index (χ1) is 9.73. The highest BCUT2D eigenvalue weighted by Crippen LogP contribution is 2.49. The smallest absolute Gasteiger partial charge is 0.209 e. The summed E-state index contributed by atoms with van der Waals surface area (Å²) in [6, 6.07) is 4.24. The van der Waals surface area contributed by atoms with Gasteiger partial charge in [0.1, 0.15) is 29.3 Å². The van der Waals surface area contributed by atoms with Crippen LogP contribution >= 0.6 is 0 Å². The molecular formula is C15H16O6. The van der Waals surface area contributed by atoms with Gasteiger partial charge in [0.2, 0.25) is 5.78 Å². The lowest BCUT2D eigenvalue weighted by Crippen LogP contribution is -2.74. The fraction of sp³-hybridized carbons (Fsp3) is 0.400. The van der Waals surface area contributed by atoms with Crippen molar-refractivity contribution in [3.05, 3.63) is 35.4 Å². The van der Waals surface area contributed by atoms with E-state index in [-0.39, 0.29) is 17.1 Å². The van der Waals surface area contributed by atoms with Gasteiger partial charge in [0.15, 0.2) is 11.2 Å². The number of aliphatic hydroxyl groups excluding tert-OH is 2. The fourth-order valence-corrected chi connectivity index (χ4v) is 3.14. The normalized spacial score (nSPS) is 38.1. The first-order valence-electron chi connectivity index (χ1n) is 6.56. The van der Waals surface area contributed by atoms with Gasteiger partial charge in [-0.1, -0.05) is 12.1 Å². The number of carbonyl (C=O) groups is 1. The van der Waals surface area contributed by atoms with Crippen molar-refractivity contribution in [2.75, 3.05) is 0 Å². The molecule has 0 unspecified atom stereocenters. The maximum atomic E-state index is 12.7. The van der Waals surface area contributed by atoms with Crippen molar-refractivity contribution >= 4 is 5.78 Å². The molecule has 0 spiro atoms. The Morgan fingerprint density at radius 2 is 1.95 bits per heavy atom. The second-order valence-electron chi connectivity index (χ2n) is 5.71. The summed E-state index contributed by atoms with van der Waals surface area (Å²) in [5.74, 6) is -1.16. The van der Waals surface area contributed by atoms with Gasteiger partial charge in [0.05, 0.1) is 0 Å². The fourth-order valence-electron chi connectivity index (χ4n) is 3.14. The van der Waals surface area contributed by atoms with Crippen LogP contribution in [-0.2, 0) is 0 Å². The van der Waals surface area contributed by atoms with Crippen molar-refractivity contribution in [2.24, 2.45) is 0 Å². The molecule has 4 N–H and O–H groups in total. The number of ketones is 1. The maximum Gasteiger partial charge on any atom is 0.209 e. The number of fused-ring (bicyclic) bond motifs is 2. The first kappa shape index (κ1) is 14.1. The van der Waals surface area contributed by atoms with E-state index in [0.717, 1.165) is 0 Å². The zero-order valence-corrected chi connectivity index (χ0v) is 11.6. The Kier molecular flexibility index (Phi) is 2.72. The molecule has 0 fully saturated rings. The monoisotopic (exact) mass is 292 g/mol. The first-order valence-corrected chi connectivity index (χ1v) is 6.56. The van der Waals surface area contributed by atoms with Gasteiger partial charge in [0.25, 0.3) is 0 Å². The van der Waals surface area contributed by atoms with Gasteiger partial charge in [-0.15, -0.1) is 0 Å². The van der Waals surface area contributed by atoms with Crippen LogP contribution in [0.5, 0.6) is 11.5 Å². The van der Waals surface area contributed by atoms with Crippen LogP contribution in [0.25, 0.3) is 0 Å². The summed E-state index contributed by atoms with van der Waals surface area (Å²) in [6.45, 7) is 2.94. The van der Waals surface area contributed by atoms with Gasteiger partial charge in [-0.3, -0.25) is 4.79 Å². The van der Waals surface area contributed by atoms with E-state index in [0.29, 0.717) is 5.57 Å². The second kappa shape index (κ2) is 4.07. The van der Waals surface area contributed by atoms with Crippen LogP contribution in [0, 0.1) is 0 Å². The highest BCUT2D eigenvalue weighted by atomic mass is 16.5. The molecule has 0 bridgehead atoms. The Balaban J connectivity index is 2.29. The lowest BCUT2D eigenvalue weighted by atomic mass is 9.65. The molecule has 21 heavy (non-hydrogen) atoms. The number of benzene rings is 1. The van der Waals surface area contributed by atoms with Gasteiger partial charge >= 0.3 is 0 Å². The SMILES string of the molecule is CC1=C[C@H](O)[C@]2(O)C(=O)c3c(O)cccc3O[C@@]2(C)[C@H]1O. The Bertz CT molecular complexity index is 666. The molecule has 112 valence electrons. The Labute approximate surface area is 120 Å². The third-order valence-corrected chi connectivity index (χ3v) is 4.46. The van der Waals surface area contributed by atoms with Gasteiger partial charge in [-0.2, -0.15) is 0 Å². The summed E-state index contributed by atoms with van der Waals surface area (Å²) in [6.07, 6.45) is -1.60. The molecule has 6 heteroatoms. The van der Waals surface area contributed by atoms with E-state index in [2.05, 4.69) is 0 Å². The molecule has 0 aromatic heterocycles. The van der Waals surface area contributed by atoms with E-state index in [1.807, 2.05) is 0 Å². The predicted molar refractivity (Wildman–Crippen MR) is 72.2 cm³/mol. The largest absolute Gasteiger partial charge is 0.507 e. The molecule has 0 saturated heterocycles. The predicted octanol–water partition coefficient (Wildman–Crippen LogP) is 0.139. The molecule has 1 aliphatic carbocycles. The molecule has 0 radical (unpaired) electrons. The Morgan fingerprint density at radius 3 is 2.62 bits per heavy atom. The van der Waals surface area contributed by atoms with E-state index < -0.39 is 29.2 Å². The zero-order valence-electron chi connectivity index (χ0n) is 11.6. The minimum Gasteiger partial charge on any atom is -0.507 e. The lowest BCUT2D eigenvalue weighted by Gasteiger charge is -2.53. The number of phenols is 1. The number of carbonyl (C=O) groups excluding carboxylic acids is 1. The summed E-state index contributed by atoms with van der Waals surface area (Å²) >= 11 is 0. The molecule has 1 aliphatic heterocycles. The van der Waals surface area contributed by atoms with Crippen LogP contribution in [0.3, 0.4) is 0 Å². The van der Waals surface area contributed by atoms with Crippen molar-refractivity contribution in [3.63, 3.8) is 0 Å². The molecule has 0 amide bonds. The second-order valence-corrected chi connectivity index (χ2v) is 5.71. The molecule has 6 nitrogen and oxygen atoms in total. The maximum absolute atomic E-state index is 12.7. The summed E-state index contributed by atoms with van der Waals surface area (Å²) in [4.78, 5) is 12.7. The highest BCUT2D eigenvalue weighted by Gasteiger charge is 2.67. The number of hydrogen-bond acceptors (Lipinski definition) is 6. The van der Waals surface area contributed by atoms with Crippen LogP contribution in [0.1, 0.15) is 24.2 Å². The van der Waals surface area contributed by atoms with E-state index >= 15 is 0 Å². The molecule has 1 heterocycles. The molecule has 4 atom stereocenters. The van der Waals surface area contributed by atoms with E-state index in [9.17, 15) is 25.2 Å². The number of hydrogen-bond donors (Lipinski definition) is 4. The van der Waals surface area contributed by atoms with Crippen LogP contribution in [-0.4, -0.2) is 49.6 Å². The lowest BCUT2D eigenvalue weighted by molar-refractivity contribution is -0.189. The summed E-state index contributed by atoms with van der Waals surface area (Å²) in [5.41, 5.74) is -3.93. The number of aliphatic hydroxyl groups is 3. The van der Waals surface area contributed by atoms with Gasteiger partial charge < -0.3 is 25.2 Å². The van der Waals surface area contributed by atoms with E-state index in [4.69, 9.17) is 4.74 Å². The number of aromatic hydroxyl groups is 1. The van der Waals surface area contributed by atoms with Crippen molar-refractivity contribution in [1.82, 2.24) is 0 Å². The number of Topliss-reactive ketones (excluding diaryl/α,β-unsaturated/α-hetero) is 1. The van der Waals surface area contributed by atoms with Crippen molar-refractivity contribution in [1.29, 1.82) is 0 Å². The number of rotatable bonds is 0. The molecule has 0 saturated carbocycles. The quantitative estimate of drug-likeness (QED) is 0.507. The summed E-state index contributed by atoms with van der Waals surface area (Å²) < 4.78 is 5.65. The van der Waals surface area contributed by atoms with E-state index in [1.165, 1.54) is 31.2 Å². The molecular weight excluding hydrogens is 276 g/mol. The molecule has 1 aromatic carbocycles. The minimum atomic E-state index is -2.38. The molecule has 3 rings (SSSR count). The standard InChI is InChI=1S/C15H16O6/c1-7-6-10(17)15(20)13(19)11-8(16)4-3-5-9(11)21-14(15,2)12(7)18/h3-6,10,12,16-18,20H,1-2H3/t10-,12-,14-,15-/m0/s1. The Hall–Kier alpha value is -1.89. The zero-order chi connectivity index (χ0) is 15.6. The minimum absolute atomic E-state index is 0.0631. The average Bonchev–Trinajstić information content (AvgIpc) is 2.42. The highest BCUT2D eigenvalue weighted by molar-refractivity contribution is 6.09. The van der Waals surface area contributed by atoms with Crippen LogP contribution in [0.2, 0.25) is 0 Å². The van der Waals surface area contributed by atoms with Crippen LogP contribution in [0.4, 0.5) is 0 Å². The van der Waals surface area contributed by atoms with Crippen molar-refractivity contribution in [3.8, 4) is 11.5 Å². The van der Waals surface area contributed by atoms with Crippen molar-refractivity contribution < 1.29 is 30.0 Å². The van der Waals surface area contributed by atoms with Crippen molar-refractivity contribution in [2.45, 2.75) is 37.3 Å². The topological polar surface area (TPSA) is 107 Å². The third-order valence-electron chi connectivity index (χ3n) is 4.46. The summed E-state index contributed by atoms with van der Waals surface area (Å²) in [7, 11) is 0. The van der Waals surface area contributed by atoms with Gasteiger partial charge in [-0.25, -0.2) is 0 Å². The van der Waals surface area contributed by atoms with Crippen LogP contribution < -0.4 is 4.74 Å². The summed E-state index contributed by atoms with van der Waals surface area (Å²) in [5, 5.41) is 41.2. The molecule has 1 aromatic rings. The number of ether oxygens (including phenoxy) is 1. The van der Waals surface area contributed by atoms with Crippen LogP contribution in [0.15, 0.2) is 29.8 Å². The van der Waals surface area contributed by atoms with Gasteiger partial charge in [0, 0.05) is 0 Å². The van der Waals surface area contributed by atoms with E-state index in [1.54, 1.807) is 6.92 Å². The molecule has 2 aliphatic rings. The van der Waals surface area contributed by atoms with Gasteiger partial charge in [-0.05, 0) is 31.6 Å². The number of phenolic OH excluding ortho intramolecular Hbond substituents is 1. The average molecular weight is 292 g/mol.